The van der Waals surface area contributed by atoms with Crippen LogP contribution in [0.3, 0.4) is 0 Å². The van der Waals surface area contributed by atoms with Crippen LogP contribution < -0.4 is 10.9 Å². The first-order valence-corrected chi connectivity index (χ1v) is 11.0. The van der Waals surface area contributed by atoms with Crippen molar-refractivity contribution in [2.45, 2.75) is 6.92 Å². The van der Waals surface area contributed by atoms with Gasteiger partial charge in [0.15, 0.2) is 0 Å². The third kappa shape index (κ3) is 4.17. The Hall–Kier alpha value is -3.43. The number of thioether (sulfide) groups is 1. The summed E-state index contributed by atoms with van der Waals surface area (Å²) >= 11 is 6.47. The lowest BCUT2D eigenvalue weighted by Crippen LogP contribution is -2.37. The summed E-state index contributed by atoms with van der Waals surface area (Å²) in [6.07, 6.45) is 1.75. The first kappa shape index (κ1) is 21.8. The van der Waals surface area contributed by atoms with Crippen molar-refractivity contribution in [3.8, 4) is 5.69 Å². The highest BCUT2D eigenvalue weighted by atomic mass is 32.2. The molecular formula is C23H20N4O3S2. The van der Waals surface area contributed by atoms with Crippen LogP contribution in [0.1, 0.15) is 11.3 Å². The Labute approximate surface area is 194 Å². The van der Waals surface area contributed by atoms with Gasteiger partial charge in [-0.05, 0) is 30.7 Å². The Morgan fingerprint density at radius 3 is 2.34 bits per heavy atom. The molecule has 2 amide bonds. The lowest BCUT2D eigenvalue weighted by atomic mass is 10.2. The van der Waals surface area contributed by atoms with Gasteiger partial charge in [-0.1, -0.05) is 72.5 Å². The number of nitrogens with zero attached hydrogens (tertiary/aromatic N) is 3. The molecule has 1 aliphatic heterocycles. The molecule has 7 nitrogen and oxygen atoms in total. The van der Waals surface area contributed by atoms with Gasteiger partial charge in [0.1, 0.15) is 16.6 Å². The van der Waals surface area contributed by atoms with Crippen LogP contribution in [0.15, 0.2) is 70.4 Å². The Balaban J connectivity index is 1.52. The van der Waals surface area contributed by atoms with Gasteiger partial charge in [0, 0.05) is 7.05 Å². The molecular weight excluding hydrogens is 444 g/mol. The molecule has 0 radical (unpaired) electrons. The highest BCUT2D eigenvalue weighted by Crippen LogP contribution is 2.32. The summed E-state index contributed by atoms with van der Waals surface area (Å²) in [6.45, 7) is 1.48. The van der Waals surface area contributed by atoms with E-state index in [4.69, 9.17) is 12.2 Å². The Bertz CT molecular complexity index is 1290. The van der Waals surface area contributed by atoms with Crippen LogP contribution in [0.4, 0.5) is 5.69 Å². The van der Waals surface area contributed by atoms with Crippen LogP contribution in [0, 0.1) is 6.92 Å². The second kappa shape index (κ2) is 8.97. The number of hydrogen-bond donors (Lipinski definition) is 1. The van der Waals surface area contributed by atoms with Crippen molar-refractivity contribution >= 4 is 51.9 Å². The van der Waals surface area contributed by atoms with Gasteiger partial charge in [0.25, 0.3) is 11.5 Å². The summed E-state index contributed by atoms with van der Waals surface area (Å²) in [5.74, 6) is -0.821. The van der Waals surface area contributed by atoms with Crippen LogP contribution in [0.2, 0.25) is 0 Å². The third-order valence-electron chi connectivity index (χ3n) is 5.09. The van der Waals surface area contributed by atoms with Crippen molar-refractivity contribution in [1.82, 2.24) is 14.3 Å². The van der Waals surface area contributed by atoms with E-state index in [1.54, 1.807) is 24.7 Å². The molecule has 1 aliphatic rings. The number of anilines is 1. The molecule has 0 unspecified atom stereocenters. The zero-order chi connectivity index (χ0) is 22.8. The van der Waals surface area contributed by atoms with Gasteiger partial charge >= 0.3 is 0 Å². The fourth-order valence-corrected chi connectivity index (χ4v) is 4.63. The van der Waals surface area contributed by atoms with Gasteiger partial charge in [-0.3, -0.25) is 24.0 Å². The molecule has 0 aliphatic carbocycles. The van der Waals surface area contributed by atoms with Gasteiger partial charge in [-0.25, -0.2) is 4.68 Å². The van der Waals surface area contributed by atoms with E-state index in [1.807, 2.05) is 60.7 Å². The highest BCUT2D eigenvalue weighted by Gasteiger charge is 2.33. The average molecular weight is 465 g/mol. The van der Waals surface area contributed by atoms with Crippen LogP contribution in [-0.2, 0) is 16.6 Å². The number of carbonyl (C=O) groups is 2. The largest absolute Gasteiger partial charge is 0.318 e. The molecule has 0 spiro atoms. The quantitative estimate of drug-likeness (QED) is 0.463. The summed E-state index contributed by atoms with van der Waals surface area (Å²) in [6, 6.07) is 18.6. The minimum Gasteiger partial charge on any atom is -0.318 e. The fourth-order valence-electron chi connectivity index (χ4n) is 3.37. The van der Waals surface area contributed by atoms with Gasteiger partial charge in [-0.2, -0.15) is 0 Å². The predicted octanol–water partition coefficient (Wildman–Crippen LogP) is 3.32. The zero-order valence-electron chi connectivity index (χ0n) is 17.4. The van der Waals surface area contributed by atoms with E-state index >= 15 is 0 Å². The average Bonchev–Trinajstić information content (AvgIpc) is 3.16. The lowest BCUT2D eigenvalue weighted by molar-refractivity contribution is -0.126. The standard InChI is InChI=1S/C23H20N4O3S2/c1-15-20(22(30)27(25(15)2)17-11-7-4-8-12-17)24-19(28)14-26-21(29)18(32-23(26)31)13-16-9-5-3-6-10-16/h3-13H,14H2,1-2H3,(H,24,28)/b18-13-. The lowest BCUT2D eigenvalue weighted by Gasteiger charge is -2.13. The van der Waals surface area contributed by atoms with Crippen LogP contribution in [-0.4, -0.2) is 36.9 Å². The number of para-hydroxylation sites is 1. The van der Waals surface area contributed by atoms with E-state index in [-0.39, 0.29) is 23.7 Å². The van der Waals surface area contributed by atoms with E-state index in [0.29, 0.717) is 20.6 Å². The van der Waals surface area contributed by atoms with Crippen molar-refractivity contribution in [3.63, 3.8) is 0 Å². The van der Waals surface area contributed by atoms with Crippen molar-refractivity contribution in [2.75, 3.05) is 11.9 Å². The molecule has 0 saturated carbocycles. The maximum Gasteiger partial charge on any atom is 0.295 e. The molecule has 1 N–H and O–H groups in total. The topological polar surface area (TPSA) is 76.3 Å². The number of hydrogen-bond acceptors (Lipinski definition) is 5. The fraction of sp³-hybridized carbons (Fsp3) is 0.130. The van der Waals surface area contributed by atoms with Crippen LogP contribution >= 0.6 is 24.0 Å². The number of aromatic nitrogens is 2. The second-order valence-electron chi connectivity index (χ2n) is 7.16. The number of thiocarbonyl (C=S) groups is 1. The van der Waals surface area contributed by atoms with Crippen molar-refractivity contribution in [3.05, 3.63) is 87.2 Å². The summed E-state index contributed by atoms with van der Waals surface area (Å²) in [7, 11) is 1.75. The van der Waals surface area contributed by atoms with Crippen molar-refractivity contribution in [2.24, 2.45) is 7.05 Å². The molecule has 2 aromatic carbocycles. The summed E-state index contributed by atoms with van der Waals surface area (Å²) in [5, 5.41) is 2.67. The molecule has 4 rings (SSSR count). The smallest absolute Gasteiger partial charge is 0.295 e. The van der Waals surface area contributed by atoms with Gasteiger partial charge < -0.3 is 5.32 Å². The number of carbonyl (C=O) groups excluding carboxylic acids is 2. The molecule has 1 aromatic heterocycles. The molecule has 1 fully saturated rings. The van der Waals surface area contributed by atoms with Gasteiger partial charge in [-0.15, -0.1) is 0 Å². The third-order valence-corrected chi connectivity index (χ3v) is 6.47. The number of rotatable bonds is 5. The van der Waals surface area contributed by atoms with E-state index < -0.39 is 5.91 Å². The summed E-state index contributed by atoms with van der Waals surface area (Å²) in [4.78, 5) is 40.2. The first-order chi connectivity index (χ1) is 15.4. The molecule has 0 bridgehead atoms. The van der Waals surface area contributed by atoms with Crippen molar-refractivity contribution in [1.29, 1.82) is 0 Å². The maximum atomic E-state index is 13.0. The molecule has 0 atom stereocenters. The molecule has 3 aromatic rings. The monoisotopic (exact) mass is 464 g/mol. The molecule has 2 heterocycles. The second-order valence-corrected chi connectivity index (χ2v) is 8.84. The molecule has 9 heteroatoms. The SMILES string of the molecule is Cc1c(NC(=O)CN2C(=O)/C(=C/c3ccccc3)SC2=S)c(=O)n(-c2ccccc2)n1C. The van der Waals surface area contributed by atoms with Crippen LogP contribution in [0.5, 0.6) is 0 Å². The predicted molar refractivity (Wildman–Crippen MR) is 131 cm³/mol. The first-order valence-electron chi connectivity index (χ1n) is 9.81. The zero-order valence-corrected chi connectivity index (χ0v) is 19.1. The summed E-state index contributed by atoms with van der Waals surface area (Å²) in [5.41, 5.74) is 1.98. The number of nitrogens with one attached hydrogen (secondary N) is 1. The maximum absolute atomic E-state index is 13.0. The molecule has 1 saturated heterocycles. The molecule has 162 valence electrons. The Morgan fingerprint density at radius 2 is 1.69 bits per heavy atom. The summed E-state index contributed by atoms with van der Waals surface area (Å²) < 4.78 is 3.46. The molecule has 32 heavy (non-hydrogen) atoms. The Morgan fingerprint density at radius 1 is 1.06 bits per heavy atom. The number of benzene rings is 2. The van der Waals surface area contributed by atoms with E-state index in [0.717, 1.165) is 17.3 Å². The number of amides is 2. The Kier molecular flexibility index (Phi) is 6.11. The van der Waals surface area contributed by atoms with Crippen LogP contribution in [0.25, 0.3) is 11.8 Å². The van der Waals surface area contributed by atoms with Gasteiger partial charge in [0.2, 0.25) is 5.91 Å². The van der Waals surface area contributed by atoms with E-state index in [1.165, 1.54) is 9.58 Å². The van der Waals surface area contributed by atoms with E-state index in [2.05, 4.69) is 5.32 Å². The van der Waals surface area contributed by atoms with E-state index in [9.17, 15) is 14.4 Å². The van der Waals surface area contributed by atoms with Crippen molar-refractivity contribution < 1.29 is 9.59 Å². The minimum absolute atomic E-state index is 0.173. The van der Waals surface area contributed by atoms with Gasteiger partial charge in [0.05, 0.1) is 16.3 Å². The normalized spacial score (nSPS) is 14.9. The minimum atomic E-state index is -0.492. The highest BCUT2D eigenvalue weighted by molar-refractivity contribution is 8.26.